The summed E-state index contributed by atoms with van der Waals surface area (Å²) in [5.41, 5.74) is 1.39. The molecule has 0 aliphatic rings. The van der Waals surface area contributed by atoms with E-state index in [1.807, 2.05) is 24.5 Å². The van der Waals surface area contributed by atoms with E-state index >= 15 is 0 Å². The molecule has 116 valence electrons. The van der Waals surface area contributed by atoms with Crippen molar-refractivity contribution >= 4 is 33.4 Å². The van der Waals surface area contributed by atoms with Gasteiger partial charge < -0.3 is 9.30 Å². The Labute approximate surface area is 132 Å². The number of carbonyl (C=O) groups excluding carboxylic acids is 2. The summed E-state index contributed by atoms with van der Waals surface area (Å²) in [4.78, 5) is 28.3. The molecule has 0 atom stereocenters. The molecule has 0 aliphatic heterocycles. The highest BCUT2D eigenvalue weighted by molar-refractivity contribution is 7.16. The van der Waals surface area contributed by atoms with Crippen LogP contribution in [0.5, 0.6) is 0 Å². The number of ether oxygens (including phenoxy) is 1. The van der Waals surface area contributed by atoms with Crippen LogP contribution in [0, 0.1) is 5.92 Å². The van der Waals surface area contributed by atoms with Gasteiger partial charge in [-0.3, -0.25) is 4.79 Å². The van der Waals surface area contributed by atoms with Crippen LogP contribution in [0.3, 0.4) is 0 Å². The minimum absolute atomic E-state index is 0.159. The van der Waals surface area contributed by atoms with Crippen molar-refractivity contribution in [3.05, 3.63) is 41.2 Å². The molecule has 0 aliphatic carbocycles. The average Bonchev–Trinajstić information content (AvgIpc) is 2.83. The van der Waals surface area contributed by atoms with Crippen LogP contribution in [0.25, 0.3) is 10.2 Å². The fourth-order valence-electron chi connectivity index (χ4n) is 1.93. The number of nitrogens with zero attached hydrogens (tertiary/aromatic N) is 2. The molecule has 0 spiro atoms. The molecule has 0 N–H and O–H groups in total. The largest absolute Gasteiger partial charge is 0.465 e. The van der Waals surface area contributed by atoms with Crippen molar-refractivity contribution in [1.29, 1.82) is 0 Å². The molecule has 1 aromatic heterocycles. The lowest BCUT2D eigenvalue weighted by Gasteiger charge is -2.02. The van der Waals surface area contributed by atoms with Crippen molar-refractivity contribution in [3.63, 3.8) is 0 Å². The molecule has 1 amide bonds. The minimum atomic E-state index is -0.387. The molecule has 0 radical (unpaired) electrons. The second-order valence-electron chi connectivity index (χ2n) is 5.06. The number of thiazole rings is 1. The molecular weight excluding hydrogens is 300 g/mol. The van der Waals surface area contributed by atoms with Crippen molar-refractivity contribution in [2.75, 3.05) is 7.11 Å². The first-order chi connectivity index (χ1) is 10.5. The van der Waals surface area contributed by atoms with Gasteiger partial charge in [-0.2, -0.15) is 4.99 Å². The van der Waals surface area contributed by atoms with Gasteiger partial charge in [-0.25, -0.2) is 4.79 Å². The summed E-state index contributed by atoms with van der Waals surface area (Å²) in [5.74, 6) is -0.715. The summed E-state index contributed by atoms with van der Waals surface area (Å²) in [5, 5.41) is 0. The maximum absolute atomic E-state index is 11.9. The van der Waals surface area contributed by atoms with Gasteiger partial charge in [-0.05, 0) is 18.2 Å². The van der Waals surface area contributed by atoms with E-state index in [-0.39, 0.29) is 17.8 Å². The fourth-order valence-corrected chi connectivity index (χ4v) is 3.02. The van der Waals surface area contributed by atoms with Gasteiger partial charge in [0.05, 0.1) is 22.9 Å². The minimum Gasteiger partial charge on any atom is -0.465 e. The number of carbonyl (C=O) groups is 2. The summed E-state index contributed by atoms with van der Waals surface area (Å²) >= 11 is 1.37. The summed E-state index contributed by atoms with van der Waals surface area (Å²) < 4.78 is 7.52. The van der Waals surface area contributed by atoms with Gasteiger partial charge in [0.2, 0.25) is 0 Å². The molecule has 0 fully saturated rings. The average molecular weight is 318 g/mol. The van der Waals surface area contributed by atoms with E-state index in [0.29, 0.717) is 16.9 Å². The van der Waals surface area contributed by atoms with Gasteiger partial charge in [0.25, 0.3) is 5.91 Å². The molecule has 22 heavy (non-hydrogen) atoms. The van der Waals surface area contributed by atoms with Crippen LogP contribution in [0.2, 0.25) is 0 Å². The Morgan fingerprint density at radius 3 is 2.77 bits per heavy atom. The third-order valence-corrected chi connectivity index (χ3v) is 4.16. The van der Waals surface area contributed by atoms with E-state index in [4.69, 9.17) is 4.74 Å². The number of aromatic nitrogens is 1. The number of benzene rings is 1. The smallest absolute Gasteiger partial charge is 0.337 e. The Kier molecular flexibility index (Phi) is 4.92. The van der Waals surface area contributed by atoms with E-state index < -0.39 is 0 Å². The zero-order valence-electron chi connectivity index (χ0n) is 12.8. The van der Waals surface area contributed by atoms with Crippen LogP contribution in [0.15, 0.2) is 35.8 Å². The molecule has 1 heterocycles. The topological polar surface area (TPSA) is 60.7 Å². The van der Waals surface area contributed by atoms with Gasteiger partial charge in [-0.1, -0.05) is 31.3 Å². The van der Waals surface area contributed by atoms with E-state index in [2.05, 4.69) is 11.6 Å². The van der Waals surface area contributed by atoms with Crippen LogP contribution in [0.4, 0.5) is 0 Å². The molecule has 2 rings (SSSR count). The lowest BCUT2D eigenvalue weighted by Crippen LogP contribution is -2.18. The monoisotopic (exact) mass is 318 g/mol. The number of methoxy groups -OCH3 is 1. The molecule has 1 aromatic carbocycles. The van der Waals surface area contributed by atoms with E-state index in [0.717, 1.165) is 10.2 Å². The number of esters is 1. The Morgan fingerprint density at radius 1 is 1.45 bits per heavy atom. The van der Waals surface area contributed by atoms with Crippen LogP contribution >= 0.6 is 11.3 Å². The van der Waals surface area contributed by atoms with Crippen molar-refractivity contribution in [1.82, 2.24) is 4.57 Å². The lowest BCUT2D eigenvalue weighted by atomic mass is 10.2. The standard InChI is InChI=1S/C16H18N2O3S/c1-5-8-18-12-7-6-11(15(20)21-4)9-13(12)22-16(18)17-14(19)10(2)3/h5-7,9-10H,1,8H2,2-4H3. The van der Waals surface area contributed by atoms with Crippen molar-refractivity contribution in [2.24, 2.45) is 10.9 Å². The van der Waals surface area contributed by atoms with E-state index in [1.54, 1.807) is 18.2 Å². The lowest BCUT2D eigenvalue weighted by molar-refractivity contribution is -0.120. The number of allylic oxidation sites excluding steroid dienone is 1. The van der Waals surface area contributed by atoms with E-state index in [9.17, 15) is 9.59 Å². The molecular formula is C16H18N2O3S. The Balaban J connectivity index is 2.66. The van der Waals surface area contributed by atoms with Crippen molar-refractivity contribution in [3.8, 4) is 0 Å². The number of hydrogen-bond acceptors (Lipinski definition) is 4. The van der Waals surface area contributed by atoms with Crippen LogP contribution in [-0.2, 0) is 16.1 Å². The number of rotatable bonds is 4. The quantitative estimate of drug-likeness (QED) is 0.643. The molecule has 0 unspecified atom stereocenters. The first kappa shape index (κ1) is 16.2. The Morgan fingerprint density at radius 2 is 2.18 bits per heavy atom. The maximum Gasteiger partial charge on any atom is 0.337 e. The Bertz CT molecular complexity index is 799. The molecule has 5 nitrogen and oxygen atoms in total. The number of hydrogen-bond donors (Lipinski definition) is 0. The summed E-state index contributed by atoms with van der Waals surface area (Å²) in [6.07, 6.45) is 1.75. The number of amides is 1. The second-order valence-corrected chi connectivity index (χ2v) is 6.07. The van der Waals surface area contributed by atoms with Gasteiger partial charge in [0.1, 0.15) is 0 Å². The first-order valence-electron chi connectivity index (χ1n) is 6.89. The molecule has 6 heteroatoms. The highest BCUT2D eigenvalue weighted by atomic mass is 32.1. The molecule has 0 bridgehead atoms. The molecule has 0 saturated carbocycles. The van der Waals surface area contributed by atoms with Crippen molar-refractivity contribution < 1.29 is 14.3 Å². The fraction of sp³-hybridized carbons (Fsp3) is 0.312. The predicted molar refractivity (Wildman–Crippen MR) is 86.8 cm³/mol. The zero-order valence-corrected chi connectivity index (χ0v) is 13.6. The normalized spacial score (nSPS) is 11.9. The maximum atomic E-state index is 11.9. The van der Waals surface area contributed by atoms with Gasteiger partial charge in [0, 0.05) is 12.5 Å². The zero-order chi connectivity index (χ0) is 16.3. The van der Waals surface area contributed by atoms with Crippen LogP contribution in [-0.4, -0.2) is 23.6 Å². The second kappa shape index (κ2) is 6.70. The van der Waals surface area contributed by atoms with Gasteiger partial charge in [0.15, 0.2) is 4.80 Å². The highest BCUT2D eigenvalue weighted by Gasteiger charge is 2.12. The van der Waals surface area contributed by atoms with Crippen LogP contribution < -0.4 is 4.80 Å². The third-order valence-electron chi connectivity index (χ3n) is 3.12. The van der Waals surface area contributed by atoms with E-state index in [1.165, 1.54) is 18.4 Å². The van der Waals surface area contributed by atoms with Gasteiger partial charge in [-0.15, -0.1) is 6.58 Å². The number of fused-ring (bicyclic) bond motifs is 1. The summed E-state index contributed by atoms with van der Waals surface area (Å²) in [6.45, 7) is 7.91. The molecule has 2 aromatic rings. The molecule has 0 saturated heterocycles. The summed E-state index contributed by atoms with van der Waals surface area (Å²) in [7, 11) is 1.35. The Hall–Kier alpha value is -2.21. The van der Waals surface area contributed by atoms with Gasteiger partial charge >= 0.3 is 5.97 Å². The SMILES string of the molecule is C=CCn1c(=NC(=O)C(C)C)sc2cc(C(=O)OC)ccc21. The van der Waals surface area contributed by atoms with Crippen LogP contribution in [0.1, 0.15) is 24.2 Å². The first-order valence-corrected chi connectivity index (χ1v) is 7.70. The van der Waals surface area contributed by atoms with Crippen molar-refractivity contribution in [2.45, 2.75) is 20.4 Å². The third kappa shape index (κ3) is 3.17. The highest BCUT2D eigenvalue weighted by Crippen LogP contribution is 2.20. The predicted octanol–water partition coefficient (Wildman–Crippen LogP) is 2.76. The summed E-state index contributed by atoms with van der Waals surface area (Å²) in [6, 6.07) is 5.29.